The molecule has 19 heavy (non-hydrogen) atoms. The molecule has 1 rings (SSSR count). The summed E-state index contributed by atoms with van der Waals surface area (Å²) in [7, 11) is 0. The molecule has 1 aromatic carbocycles. The molecule has 0 aliphatic heterocycles. The molecule has 1 aromatic rings. The third-order valence-electron chi connectivity index (χ3n) is 2.19. The normalized spacial score (nSPS) is 11.7. The number of carbonyl (C=O) groups excluding carboxylic acids is 1. The van der Waals surface area contributed by atoms with Crippen LogP contribution in [-0.4, -0.2) is 34.9 Å². The fourth-order valence-electron chi connectivity index (χ4n) is 1.21. The summed E-state index contributed by atoms with van der Waals surface area (Å²) in [6.45, 7) is -0.00874. The Morgan fingerprint density at radius 2 is 2.11 bits per heavy atom. The highest BCUT2D eigenvalue weighted by Gasteiger charge is 2.13. The van der Waals surface area contributed by atoms with E-state index in [0.29, 0.717) is 5.69 Å². The Bertz CT molecular complexity index is 484. The zero-order valence-corrected chi connectivity index (χ0v) is 11.8. The van der Waals surface area contributed by atoms with Crippen molar-refractivity contribution in [2.24, 2.45) is 0 Å². The van der Waals surface area contributed by atoms with Gasteiger partial charge < -0.3 is 20.8 Å². The van der Waals surface area contributed by atoms with Crippen LogP contribution >= 0.6 is 22.6 Å². The first-order valence-corrected chi connectivity index (χ1v) is 6.39. The molecule has 8 heteroatoms. The van der Waals surface area contributed by atoms with Gasteiger partial charge in [-0.2, -0.15) is 0 Å². The van der Waals surface area contributed by atoms with Crippen LogP contribution in [0.25, 0.3) is 0 Å². The summed E-state index contributed by atoms with van der Waals surface area (Å²) in [5, 5.41) is 22.2. The first-order chi connectivity index (χ1) is 8.91. The van der Waals surface area contributed by atoms with E-state index in [0.717, 1.165) is 0 Å². The number of carboxylic acid groups (broad SMARTS) is 1. The zero-order valence-electron chi connectivity index (χ0n) is 9.69. The molecule has 4 N–H and O–H groups in total. The Morgan fingerprint density at radius 1 is 1.42 bits per heavy atom. The number of carboxylic acids is 1. The number of aliphatic hydroxyl groups excluding tert-OH is 1. The Labute approximate surface area is 122 Å². The number of aliphatic hydroxyl groups is 1. The van der Waals surface area contributed by atoms with E-state index in [1.54, 1.807) is 22.6 Å². The van der Waals surface area contributed by atoms with Crippen LogP contribution in [0.15, 0.2) is 18.2 Å². The fourth-order valence-corrected chi connectivity index (χ4v) is 1.71. The molecule has 6 nitrogen and oxygen atoms in total. The van der Waals surface area contributed by atoms with Crippen molar-refractivity contribution in [3.8, 4) is 0 Å². The first-order valence-electron chi connectivity index (χ1n) is 5.31. The summed E-state index contributed by atoms with van der Waals surface area (Å²) >= 11 is 1.76. The number of aliphatic carboxylic acids is 1. The van der Waals surface area contributed by atoms with Gasteiger partial charge in [-0.1, -0.05) is 6.07 Å². The molecule has 0 bridgehead atoms. The van der Waals surface area contributed by atoms with E-state index >= 15 is 0 Å². The summed E-state index contributed by atoms with van der Waals surface area (Å²) < 4.78 is 13.5. The summed E-state index contributed by atoms with van der Waals surface area (Å²) in [6, 6.07) is 3.67. The number of carbonyl (C=O) groups is 2. The lowest BCUT2D eigenvalue weighted by molar-refractivity contribution is -0.146. The van der Waals surface area contributed by atoms with Crippen molar-refractivity contribution in [3.63, 3.8) is 0 Å². The van der Waals surface area contributed by atoms with Crippen LogP contribution in [0.1, 0.15) is 6.42 Å². The molecule has 0 heterocycles. The van der Waals surface area contributed by atoms with Crippen LogP contribution < -0.4 is 10.6 Å². The Morgan fingerprint density at radius 3 is 2.74 bits per heavy atom. The van der Waals surface area contributed by atoms with E-state index in [2.05, 4.69) is 10.6 Å². The molecule has 0 saturated carbocycles. The van der Waals surface area contributed by atoms with Gasteiger partial charge in [0.25, 0.3) is 0 Å². The van der Waals surface area contributed by atoms with Gasteiger partial charge in [0.15, 0.2) is 6.10 Å². The summed E-state index contributed by atoms with van der Waals surface area (Å²) in [6.07, 6.45) is -1.63. The van der Waals surface area contributed by atoms with Gasteiger partial charge in [0.05, 0.1) is 9.26 Å². The van der Waals surface area contributed by atoms with E-state index < -0.39 is 23.9 Å². The largest absolute Gasteiger partial charge is 0.479 e. The number of hydrogen-bond acceptors (Lipinski definition) is 3. The minimum atomic E-state index is -1.52. The molecule has 0 aliphatic carbocycles. The van der Waals surface area contributed by atoms with Gasteiger partial charge in [-0.25, -0.2) is 14.0 Å². The molecular weight excluding hydrogens is 370 g/mol. The molecule has 0 aromatic heterocycles. The monoisotopic (exact) mass is 382 g/mol. The van der Waals surface area contributed by atoms with Crippen molar-refractivity contribution < 1.29 is 24.2 Å². The zero-order chi connectivity index (χ0) is 14.4. The third-order valence-corrected chi connectivity index (χ3v) is 3.28. The van der Waals surface area contributed by atoms with Crippen molar-refractivity contribution in [2.45, 2.75) is 12.5 Å². The van der Waals surface area contributed by atoms with E-state index in [-0.39, 0.29) is 16.5 Å². The van der Waals surface area contributed by atoms with Crippen molar-refractivity contribution >= 4 is 40.3 Å². The molecule has 0 saturated heterocycles. The topological polar surface area (TPSA) is 98.7 Å². The minimum absolute atomic E-state index is 0.00874. The van der Waals surface area contributed by atoms with Crippen molar-refractivity contribution in [2.75, 3.05) is 11.9 Å². The average molecular weight is 382 g/mol. The van der Waals surface area contributed by atoms with Crippen molar-refractivity contribution in [3.05, 3.63) is 27.6 Å². The number of amides is 2. The maximum Gasteiger partial charge on any atom is 0.332 e. The number of nitrogens with one attached hydrogen (secondary N) is 2. The Balaban J connectivity index is 2.43. The van der Waals surface area contributed by atoms with E-state index in [9.17, 15) is 14.0 Å². The molecule has 0 aliphatic rings. The fraction of sp³-hybridized carbons (Fsp3) is 0.273. The van der Waals surface area contributed by atoms with Crippen molar-refractivity contribution in [1.82, 2.24) is 5.32 Å². The van der Waals surface area contributed by atoms with E-state index in [1.807, 2.05) is 0 Å². The molecular formula is C11H12FIN2O4. The van der Waals surface area contributed by atoms with Crippen LogP contribution in [0, 0.1) is 9.39 Å². The number of urea groups is 1. The number of rotatable bonds is 5. The predicted octanol–water partition coefficient (Wildman–Crippen LogP) is 1.39. The second-order valence-electron chi connectivity index (χ2n) is 3.62. The summed E-state index contributed by atoms with van der Waals surface area (Å²) in [5.41, 5.74) is 0.317. The van der Waals surface area contributed by atoms with Gasteiger partial charge in [0, 0.05) is 13.0 Å². The standard InChI is InChI=1S/C11H12FIN2O4/c12-6-2-1-3-7(9(6)13)15-11(19)14-5-4-8(16)10(17)18/h1-3,8,16H,4-5H2,(H,17,18)(H2,14,15,19). The quantitative estimate of drug-likeness (QED) is 0.579. The maximum absolute atomic E-state index is 13.2. The number of benzene rings is 1. The van der Waals surface area contributed by atoms with Gasteiger partial charge in [0.1, 0.15) is 5.82 Å². The van der Waals surface area contributed by atoms with Gasteiger partial charge in [0.2, 0.25) is 0 Å². The lowest BCUT2D eigenvalue weighted by Gasteiger charge is -2.10. The van der Waals surface area contributed by atoms with E-state index in [1.165, 1.54) is 18.2 Å². The van der Waals surface area contributed by atoms with Gasteiger partial charge in [-0.15, -0.1) is 0 Å². The molecule has 1 unspecified atom stereocenters. The number of halogens is 2. The molecule has 0 spiro atoms. The highest BCUT2D eigenvalue weighted by atomic mass is 127. The third kappa shape index (κ3) is 4.99. The second-order valence-corrected chi connectivity index (χ2v) is 4.70. The SMILES string of the molecule is O=C(NCCC(O)C(=O)O)Nc1cccc(F)c1I. The smallest absolute Gasteiger partial charge is 0.332 e. The minimum Gasteiger partial charge on any atom is -0.479 e. The Kier molecular flexibility index (Phi) is 5.96. The lowest BCUT2D eigenvalue weighted by atomic mass is 10.2. The molecule has 104 valence electrons. The average Bonchev–Trinajstić information content (AvgIpc) is 2.34. The van der Waals surface area contributed by atoms with Crippen LogP contribution in [0.4, 0.5) is 14.9 Å². The second kappa shape index (κ2) is 7.24. The maximum atomic E-state index is 13.2. The van der Waals surface area contributed by atoms with Gasteiger partial charge in [-0.05, 0) is 34.7 Å². The van der Waals surface area contributed by atoms with Crippen LogP contribution in [0.3, 0.4) is 0 Å². The van der Waals surface area contributed by atoms with Gasteiger partial charge in [-0.3, -0.25) is 0 Å². The van der Waals surface area contributed by atoms with Gasteiger partial charge >= 0.3 is 12.0 Å². The van der Waals surface area contributed by atoms with Crippen molar-refractivity contribution in [1.29, 1.82) is 0 Å². The Hall–Kier alpha value is -1.42. The molecule has 2 amide bonds. The van der Waals surface area contributed by atoms with Crippen LogP contribution in [0.5, 0.6) is 0 Å². The highest BCUT2D eigenvalue weighted by molar-refractivity contribution is 14.1. The number of hydrogen-bond donors (Lipinski definition) is 4. The predicted molar refractivity (Wildman–Crippen MR) is 74.4 cm³/mol. The summed E-state index contributed by atoms with van der Waals surface area (Å²) in [5.74, 6) is -1.79. The van der Waals surface area contributed by atoms with Crippen LogP contribution in [-0.2, 0) is 4.79 Å². The van der Waals surface area contributed by atoms with Crippen LogP contribution in [0.2, 0.25) is 0 Å². The first kappa shape index (κ1) is 15.6. The molecule has 0 radical (unpaired) electrons. The number of anilines is 1. The highest BCUT2D eigenvalue weighted by Crippen LogP contribution is 2.20. The molecule has 0 fully saturated rings. The molecule has 1 atom stereocenters. The van der Waals surface area contributed by atoms with E-state index in [4.69, 9.17) is 10.2 Å². The lowest BCUT2D eigenvalue weighted by Crippen LogP contribution is -2.33. The summed E-state index contributed by atoms with van der Waals surface area (Å²) in [4.78, 5) is 21.8.